The van der Waals surface area contributed by atoms with Crippen molar-refractivity contribution in [1.82, 2.24) is 4.90 Å². The number of hydrogen-bond acceptors (Lipinski definition) is 2. The highest BCUT2D eigenvalue weighted by atomic mass is 79.9. The van der Waals surface area contributed by atoms with E-state index in [0.29, 0.717) is 0 Å². The number of carbonyl (C=O) groups is 1. The summed E-state index contributed by atoms with van der Waals surface area (Å²) in [5.74, 6) is 0.135. The van der Waals surface area contributed by atoms with Crippen LogP contribution in [-0.4, -0.2) is 23.9 Å². The second-order valence-corrected chi connectivity index (χ2v) is 4.88. The Hall–Kier alpha value is -0.610. The minimum Gasteiger partial charge on any atom is -0.334 e. The van der Waals surface area contributed by atoms with E-state index in [9.17, 15) is 4.79 Å². The van der Waals surface area contributed by atoms with Gasteiger partial charge in [0, 0.05) is 17.6 Å². The van der Waals surface area contributed by atoms with Crippen LogP contribution in [0.25, 0.3) is 0 Å². The van der Waals surface area contributed by atoms with Gasteiger partial charge in [0.1, 0.15) is 4.88 Å². The zero-order valence-corrected chi connectivity index (χ0v) is 9.97. The molecule has 4 heteroatoms. The Kier molecular flexibility index (Phi) is 3.03. The monoisotopic (exact) mass is 271 g/mol. The van der Waals surface area contributed by atoms with Gasteiger partial charge < -0.3 is 4.90 Å². The molecular formula is C10H10BrNOS. The first-order valence-corrected chi connectivity index (χ1v) is 6.13. The lowest BCUT2D eigenvalue weighted by molar-refractivity contribution is 0.0775. The molecule has 1 amide bonds. The van der Waals surface area contributed by atoms with Crippen molar-refractivity contribution in [2.24, 2.45) is 0 Å². The molecule has 0 fully saturated rings. The second kappa shape index (κ2) is 4.28. The minimum atomic E-state index is 0.135. The lowest BCUT2D eigenvalue weighted by Crippen LogP contribution is -2.33. The molecule has 0 spiro atoms. The number of thiophene rings is 1. The van der Waals surface area contributed by atoms with Crippen LogP contribution in [0.1, 0.15) is 16.1 Å². The summed E-state index contributed by atoms with van der Waals surface area (Å²) in [4.78, 5) is 14.6. The Labute approximate surface area is 95.4 Å². The summed E-state index contributed by atoms with van der Waals surface area (Å²) in [6.45, 7) is 1.57. The van der Waals surface area contributed by atoms with Gasteiger partial charge >= 0.3 is 0 Å². The van der Waals surface area contributed by atoms with Crippen molar-refractivity contribution in [1.29, 1.82) is 0 Å². The molecule has 2 nitrogen and oxygen atoms in total. The van der Waals surface area contributed by atoms with Crippen molar-refractivity contribution in [3.63, 3.8) is 0 Å². The van der Waals surface area contributed by atoms with E-state index in [0.717, 1.165) is 28.9 Å². The number of amides is 1. The molecule has 0 aromatic carbocycles. The van der Waals surface area contributed by atoms with Crippen LogP contribution >= 0.6 is 27.3 Å². The third-order valence-electron chi connectivity index (χ3n) is 2.16. The third-order valence-corrected chi connectivity index (χ3v) is 3.98. The highest BCUT2D eigenvalue weighted by Crippen LogP contribution is 2.24. The van der Waals surface area contributed by atoms with Crippen LogP contribution in [0.15, 0.2) is 28.1 Å². The SMILES string of the molecule is O=C(c1sccc1Br)N1CC=CCC1. The molecular weight excluding hydrogens is 262 g/mol. The molecule has 1 aliphatic heterocycles. The fraction of sp³-hybridized carbons (Fsp3) is 0.300. The van der Waals surface area contributed by atoms with Crippen LogP contribution in [0.3, 0.4) is 0 Å². The minimum absolute atomic E-state index is 0.135. The number of nitrogens with zero attached hydrogens (tertiary/aromatic N) is 1. The second-order valence-electron chi connectivity index (χ2n) is 3.11. The van der Waals surface area contributed by atoms with Gasteiger partial charge in [-0.2, -0.15) is 0 Å². The number of hydrogen-bond donors (Lipinski definition) is 0. The normalized spacial score (nSPS) is 15.9. The van der Waals surface area contributed by atoms with Crippen molar-refractivity contribution in [2.75, 3.05) is 13.1 Å². The molecule has 1 aliphatic rings. The summed E-state index contributed by atoms with van der Waals surface area (Å²) >= 11 is 4.87. The summed E-state index contributed by atoms with van der Waals surface area (Å²) in [6.07, 6.45) is 5.13. The van der Waals surface area contributed by atoms with E-state index in [4.69, 9.17) is 0 Å². The summed E-state index contributed by atoms with van der Waals surface area (Å²) in [7, 11) is 0. The average Bonchev–Trinajstić information content (AvgIpc) is 2.65. The van der Waals surface area contributed by atoms with Gasteiger partial charge in [0.25, 0.3) is 5.91 Å². The lowest BCUT2D eigenvalue weighted by Gasteiger charge is -2.22. The number of rotatable bonds is 1. The van der Waals surface area contributed by atoms with E-state index in [-0.39, 0.29) is 5.91 Å². The number of carbonyl (C=O) groups excluding carboxylic acids is 1. The molecule has 74 valence electrons. The first-order chi connectivity index (χ1) is 6.79. The van der Waals surface area contributed by atoms with Crippen molar-refractivity contribution < 1.29 is 4.79 Å². The molecule has 0 N–H and O–H groups in total. The molecule has 0 aliphatic carbocycles. The van der Waals surface area contributed by atoms with Crippen LogP contribution in [0.4, 0.5) is 0 Å². The Bertz CT molecular complexity index is 372. The Morgan fingerprint density at radius 2 is 2.36 bits per heavy atom. The van der Waals surface area contributed by atoms with Crippen LogP contribution < -0.4 is 0 Å². The zero-order valence-electron chi connectivity index (χ0n) is 7.57. The summed E-state index contributed by atoms with van der Waals surface area (Å²) in [5.41, 5.74) is 0. The zero-order chi connectivity index (χ0) is 9.97. The molecule has 0 saturated carbocycles. The van der Waals surface area contributed by atoms with Crippen LogP contribution in [0.5, 0.6) is 0 Å². The van der Waals surface area contributed by atoms with Crippen LogP contribution in [0.2, 0.25) is 0 Å². The van der Waals surface area contributed by atoms with Gasteiger partial charge in [0.15, 0.2) is 0 Å². The van der Waals surface area contributed by atoms with Gasteiger partial charge in [0.05, 0.1) is 0 Å². The standard InChI is InChI=1S/C10H10BrNOS/c11-8-4-7-14-9(8)10(13)12-5-2-1-3-6-12/h1-2,4,7H,3,5-6H2. The maximum absolute atomic E-state index is 12.0. The van der Waals surface area contributed by atoms with E-state index in [1.54, 1.807) is 0 Å². The van der Waals surface area contributed by atoms with Gasteiger partial charge in [-0.05, 0) is 33.8 Å². The largest absolute Gasteiger partial charge is 0.334 e. The lowest BCUT2D eigenvalue weighted by atomic mass is 10.2. The smallest absolute Gasteiger partial charge is 0.265 e. The first kappa shape index (κ1) is 9.93. The highest BCUT2D eigenvalue weighted by Gasteiger charge is 2.18. The summed E-state index contributed by atoms with van der Waals surface area (Å²) in [5, 5.41) is 1.93. The highest BCUT2D eigenvalue weighted by molar-refractivity contribution is 9.10. The van der Waals surface area contributed by atoms with Crippen molar-refractivity contribution in [3.8, 4) is 0 Å². The van der Waals surface area contributed by atoms with E-state index >= 15 is 0 Å². The topological polar surface area (TPSA) is 20.3 Å². The van der Waals surface area contributed by atoms with Gasteiger partial charge in [-0.15, -0.1) is 11.3 Å². The molecule has 14 heavy (non-hydrogen) atoms. The third kappa shape index (κ3) is 1.91. The molecule has 0 bridgehead atoms. The molecule has 0 saturated heterocycles. The quantitative estimate of drug-likeness (QED) is 0.720. The van der Waals surface area contributed by atoms with Crippen molar-refractivity contribution >= 4 is 33.2 Å². The van der Waals surface area contributed by atoms with Crippen molar-refractivity contribution in [3.05, 3.63) is 32.9 Å². The fourth-order valence-electron chi connectivity index (χ4n) is 1.42. The summed E-state index contributed by atoms with van der Waals surface area (Å²) < 4.78 is 0.905. The van der Waals surface area contributed by atoms with E-state index < -0.39 is 0 Å². The molecule has 1 aromatic heterocycles. The maximum Gasteiger partial charge on any atom is 0.265 e. The molecule has 2 heterocycles. The Morgan fingerprint density at radius 1 is 1.50 bits per heavy atom. The van der Waals surface area contributed by atoms with Gasteiger partial charge in [-0.25, -0.2) is 0 Å². The van der Waals surface area contributed by atoms with E-state index in [2.05, 4.69) is 22.0 Å². The molecule has 1 aromatic rings. The fourth-order valence-corrected chi connectivity index (χ4v) is 2.92. The maximum atomic E-state index is 12.0. The van der Waals surface area contributed by atoms with Crippen molar-refractivity contribution in [2.45, 2.75) is 6.42 Å². The average molecular weight is 272 g/mol. The van der Waals surface area contributed by atoms with Crippen LogP contribution in [-0.2, 0) is 0 Å². The Morgan fingerprint density at radius 3 is 2.93 bits per heavy atom. The molecule has 0 atom stereocenters. The van der Waals surface area contributed by atoms with E-state index in [1.165, 1.54) is 11.3 Å². The van der Waals surface area contributed by atoms with Gasteiger partial charge in [-0.3, -0.25) is 4.79 Å². The van der Waals surface area contributed by atoms with Gasteiger partial charge in [-0.1, -0.05) is 12.2 Å². The predicted molar refractivity (Wildman–Crippen MR) is 61.7 cm³/mol. The van der Waals surface area contributed by atoms with Gasteiger partial charge in [0.2, 0.25) is 0 Å². The Balaban J connectivity index is 2.16. The molecule has 0 radical (unpaired) electrons. The first-order valence-electron chi connectivity index (χ1n) is 4.46. The molecule has 2 rings (SSSR count). The predicted octanol–water partition coefficient (Wildman–Crippen LogP) is 2.91. The number of halogens is 1. The summed E-state index contributed by atoms with van der Waals surface area (Å²) in [6, 6.07) is 1.91. The van der Waals surface area contributed by atoms with E-state index in [1.807, 2.05) is 22.4 Å². The molecule has 0 unspecified atom stereocenters. The van der Waals surface area contributed by atoms with Crippen LogP contribution in [0, 0.1) is 0 Å².